The Morgan fingerprint density at radius 2 is 1.94 bits per heavy atom. The third kappa shape index (κ3) is 7.40. The van der Waals surface area contributed by atoms with Crippen LogP contribution in [0.4, 0.5) is 23.2 Å². The lowest BCUT2D eigenvalue weighted by Gasteiger charge is -2.28. The van der Waals surface area contributed by atoms with E-state index in [1.807, 2.05) is 5.48 Å². The van der Waals surface area contributed by atoms with Crippen LogP contribution < -0.4 is 5.48 Å². The molecular formula is C17H18ClF4N5O5. The predicted octanol–water partition coefficient (Wildman–Crippen LogP) is 2.51. The number of benzene rings is 1. The summed E-state index contributed by atoms with van der Waals surface area (Å²) in [6, 6.07) is 3.92. The first-order chi connectivity index (χ1) is 15.0. The molecule has 0 bridgehead atoms. The summed E-state index contributed by atoms with van der Waals surface area (Å²) in [7, 11) is 0. The van der Waals surface area contributed by atoms with E-state index in [9.17, 15) is 27.9 Å². The normalized spacial score (nSPS) is 15.8. The Morgan fingerprint density at radius 3 is 2.47 bits per heavy atom. The van der Waals surface area contributed by atoms with E-state index in [1.54, 1.807) is 0 Å². The van der Waals surface area contributed by atoms with Gasteiger partial charge in [-0.1, -0.05) is 16.8 Å². The Kier molecular flexibility index (Phi) is 8.89. The van der Waals surface area contributed by atoms with Crippen molar-refractivity contribution in [1.82, 2.24) is 20.7 Å². The van der Waals surface area contributed by atoms with Crippen molar-refractivity contribution in [3.05, 3.63) is 40.4 Å². The molecule has 0 atom stereocenters. The number of piperidine rings is 1. The molecular weight excluding hydrogens is 466 g/mol. The van der Waals surface area contributed by atoms with Crippen LogP contribution >= 0.6 is 11.6 Å². The van der Waals surface area contributed by atoms with Crippen LogP contribution in [0.25, 0.3) is 0 Å². The molecule has 0 aliphatic carbocycles. The number of carboxylic acid groups (broad SMARTS) is 1. The Hall–Kier alpha value is -2.81. The van der Waals surface area contributed by atoms with E-state index in [0.29, 0.717) is 30.8 Å². The standard InChI is InChI=1S/C15H17ClFN5O3.C2HF3O2/c16-11-7-9(1-2-12(11)17)18-15(19-24)14-13(20-25-21-14)8-22-5-3-10(23)4-6-22;3-2(4,5)1(6)7/h1-2,7,10,23-24H,3-6,8H2,(H,18,19);(H,6,7). The van der Waals surface area contributed by atoms with Gasteiger partial charge in [0.05, 0.1) is 16.8 Å². The van der Waals surface area contributed by atoms with Gasteiger partial charge in [-0.2, -0.15) is 13.2 Å². The van der Waals surface area contributed by atoms with Crippen LogP contribution in [-0.4, -0.2) is 67.8 Å². The highest BCUT2D eigenvalue weighted by Gasteiger charge is 2.38. The van der Waals surface area contributed by atoms with E-state index in [0.717, 1.165) is 13.1 Å². The first-order valence-corrected chi connectivity index (χ1v) is 9.35. The second-order valence-electron chi connectivity index (χ2n) is 6.54. The molecule has 176 valence electrons. The molecule has 0 spiro atoms. The fourth-order valence-corrected chi connectivity index (χ4v) is 2.77. The Morgan fingerprint density at radius 1 is 1.31 bits per heavy atom. The highest BCUT2D eigenvalue weighted by atomic mass is 35.5. The average Bonchev–Trinajstić information content (AvgIpc) is 3.18. The Balaban J connectivity index is 0.000000451. The number of alkyl halides is 3. The van der Waals surface area contributed by atoms with Gasteiger partial charge in [0, 0.05) is 19.6 Å². The van der Waals surface area contributed by atoms with E-state index in [2.05, 4.69) is 20.2 Å². The van der Waals surface area contributed by atoms with Crippen molar-refractivity contribution < 1.29 is 42.4 Å². The van der Waals surface area contributed by atoms with Gasteiger partial charge in [-0.15, -0.1) is 0 Å². The van der Waals surface area contributed by atoms with Gasteiger partial charge >= 0.3 is 12.1 Å². The number of carbonyl (C=O) groups is 1. The molecule has 1 saturated heterocycles. The molecule has 0 amide bonds. The van der Waals surface area contributed by atoms with Gasteiger partial charge < -0.3 is 10.2 Å². The lowest BCUT2D eigenvalue weighted by Crippen LogP contribution is -2.36. The second kappa shape index (κ2) is 11.2. The van der Waals surface area contributed by atoms with Crippen molar-refractivity contribution in [1.29, 1.82) is 0 Å². The molecule has 10 nitrogen and oxygen atoms in total. The zero-order valence-corrected chi connectivity index (χ0v) is 16.9. The second-order valence-corrected chi connectivity index (χ2v) is 6.95. The molecule has 1 aliphatic heterocycles. The summed E-state index contributed by atoms with van der Waals surface area (Å²) < 4.78 is 49.8. The molecule has 3 rings (SSSR count). The molecule has 1 aliphatic rings. The minimum absolute atomic E-state index is 0.0102. The summed E-state index contributed by atoms with van der Waals surface area (Å²) in [5.41, 5.74) is 3.03. The molecule has 1 fully saturated rings. The summed E-state index contributed by atoms with van der Waals surface area (Å²) >= 11 is 5.74. The van der Waals surface area contributed by atoms with Crippen LogP contribution in [0.5, 0.6) is 0 Å². The van der Waals surface area contributed by atoms with E-state index in [-0.39, 0.29) is 22.7 Å². The smallest absolute Gasteiger partial charge is 0.475 e. The Bertz CT molecular complexity index is 948. The van der Waals surface area contributed by atoms with Crippen LogP contribution in [0.15, 0.2) is 27.8 Å². The zero-order chi connectivity index (χ0) is 23.9. The number of aliphatic imine (C=N–C) groups is 1. The minimum Gasteiger partial charge on any atom is -0.475 e. The number of hydrogen-bond donors (Lipinski definition) is 4. The minimum atomic E-state index is -5.08. The number of likely N-dealkylation sites (tertiary alicyclic amines) is 1. The van der Waals surface area contributed by atoms with Gasteiger partial charge in [-0.05, 0) is 36.2 Å². The van der Waals surface area contributed by atoms with Crippen molar-refractivity contribution in [3.8, 4) is 0 Å². The number of hydroxylamine groups is 1. The maximum absolute atomic E-state index is 13.2. The predicted molar refractivity (Wildman–Crippen MR) is 101 cm³/mol. The summed E-state index contributed by atoms with van der Waals surface area (Å²) in [5, 5.41) is 33.7. The number of hydrogen-bond acceptors (Lipinski definition) is 8. The molecule has 0 saturated carbocycles. The largest absolute Gasteiger partial charge is 0.490 e. The highest BCUT2D eigenvalue weighted by molar-refractivity contribution is 6.31. The maximum Gasteiger partial charge on any atom is 0.490 e. The van der Waals surface area contributed by atoms with Crippen LogP contribution in [0.2, 0.25) is 5.02 Å². The molecule has 1 aromatic heterocycles. The van der Waals surface area contributed by atoms with E-state index < -0.39 is 18.0 Å². The van der Waals surface area contributed by atoms with Gasteiger partial charge in [0.1, 0.15) is 11.5 Å². The fourth-order valence-electron chi connectivity index (χ4n) is 2.59. The lowest BCUT2D eigenvalue weighted by molar-refractivity contribution is -0.192. The first-order valence-electron chi connectivity index (χ1n) is 8.97. The zero-order valence-electron chi connectivity index (χ0n) is 16.2. The molecule has 2 heterocycles. The number of halogens is 5. The van der Waals surface area contributed by atoms with Gasteiger partial charge in [0.25, 0.3) is 0 Å². The monoisotopic (exact) mass is 483 g/mol. The number of aliphatic hydroxyl groups is 1. The first kappa shape index (κ1) is 25.5. The van der Waals surface area contributed by atoms with Crippen molar-refractivity contribution in [2.45, 2.75) is 31.7 Å². The van der Waals surface area contributed by atoms with E-state index in [1.165, 1.54) is 18.2 Å². The summed E-state index contributed by atoms with van der Waals surface area (Å²) in [6.45, 7) is 1.89. The van der Waals surface area contributed by atoms with Gasteiger partial charge in [0.15, 0.2) is 11.5 Å². The summed E-state index contributed by atoms with van der Waals surface area (Å²) in [6.07, 6.45) is -3.98. The number of nitrogens with one attached hydrogen (secondary N) is 1. The molecule has 2 aromatic rings. The molecule has 4 N–H and O–H groups in total. The SMILES string of the molecule is O=C(O)C(F)(F)F.ONC(=Nc1ccc(F)c(Cl)c1)c1nonc1CN1CCC(O)CC1. The average molecular weight is 484 g/mol. The topological polar surface area (TPSA) is 144 Å². The van der Waals surface area contributed by atoms with Crippen molar-refractivity contribution in [2.24, 2.45) is 4.99 Å². The third-order valence-electron chi connectivity index (χ3n) is 4.20. The van der Waals surface area contributed by atoms with E-state index >= 15 is 0 Å². The van der Waals surface area contributed by atoms with Crippen molar-refractivity contribution >= 4 is 29.1 Å². The number of aliphatic carboxylic acids is 1. The van der Waals surface area contributed by atoms with Gasteiger partial charge in [-0.25, -0.2) is 18.8 Å². The van der Waals surface area contributed by atoms with Crippen molar-refractivity contribution in [3.63, 3.8) is 0 Å². The number of carboxylic acids is 1. The maximum atomic E-state index is 13.2. The van der Waals surface area contributed by atoms with Crippen LogP contribution in [0, 0.1) is 5.82 Å². The van der Waals surface area contributed by atoms with Gasteiger partial charge in [0.2, 0.25) is 0 Å². The van der Waals surface area contributed by atoms with Crippen molar-refractivity contribution in [2.75, 3.05) is 13.1 Å². The van der Waals surface area contributed by atoms with Crippen LogP contribution in [-0.2, 0) is 11.3 Å². The molecule has 15 heteroatoms. The Labute approximate surface area is 183 Å². The number of amidine groups is 1. The lowest BCUT2D eigenvalue weighted by atomic mass is 10.1. The van der Waals surface area contributed by atoms with Gasteiger partial charge in [-0.3, -0.25) is 15.6 Å². The van der Waals surface area contributed by atoms with Crippen LogP contribution in [0.1, 0.15) is 24.2 Å². The van der Waals surface area contributed by atoms with Crippen LogP contribution in [0.3, 0.4) is 0 Å². The number of nitrogens with zero attached hydrogens (tertiary/aromatic N) is 4. The molecule has 32 heavy (non-hydrogen) atoms. The summed E-state index contributed by atoms with van der Waals surface area (Å²) in [5.74, 6) is -3.31. The number of rotatable bonds is 4. The number of aromatic nitrogens is 2. The number of aliphatic hydroxyl groups excluding tert-OH is 1. The fraction of sp³-hybridized carbons (Fsp3) is 0.412. The molecule has 0 radical (unpaired) electrons. The highest BCUT2D eigenvalue weighted by Crippen LogP contribution is 2.22. The molecule has 0 unspecified atom stereocenters. The third-order valence-corrected chi connectivity index (χ3v) is 4.49. The summed E-state index contributed by atoms with van der Waals surface area (Å²) in [4.78, 5) is 15.2. The van der Waals surface area contributed by atoms with E-state index in [4.69, 9.17) is 26.1 Å². The quantitative estimate of drug-likeness (QED) is 0.223. The molecule has 1 aromatic carbocycles.